The van der Waals surface area contributed by atoms with Crippen LogP contribution in [-0.2, 0) is 22.7 Å². The molecule has 32 heavy (non-hydrogen) atoms. The summed E-state index contributed by atoms with van der Waals surface area (Å²) < 4.78 is 15.2. The molecule has 0 saturated carbocycles. The number of hydrogen-bond acceptors (Lipinski definition) is 6. The standard InChI is InChI=1S/C22H22ClFN4O3S/c23-19-3-1-14(32-19)11-26-5-7-27(8-6-26)18-10-13(24)9-15-16(18)12-28(22(15)31)17-2-4-20(29)25-21(17)30/h1,3,9-10,17H,2,4-8,11-12H2,(H,25,29,30). The minimum absolute atomic E-state index is 0.190. The number of fused-ring (bicyclic) bond motifs is 1. The topological polar surface area (TPSA) is 73.0 Å². The lowest BCUT2D eigenvalue weighted by Crippen LogP contribution is -2.52. The normalized spacial score (nSPS) is 21.8. The van der Waals surface area contributed by atoms with Gasteiger partial charge in [0.15, 0.2) is 0 Å². The van der Waals surface area contributed by atoms with Gasteiger partial charge in [0, 0.05) is 67.4 Å². The Morgan fingerprint density at radius 2 is 1.91 bits per heavy atom. The first-order valence-electron chi connectivity index (χ1n) is 10.6. The molecule has 5 rings (SSSR count). The van der Waals surface area contributed by atoms with E-state index in [2.05, 4.69) is 15.1 Å². The number of thiophene rings is 1. The van der Waals surface area contributed by atoms with Gasteiger partial charge in [0.05, 0.1) is 4.34 Å². The second kappa shape index (κ2) is 8.46. The first-order valence-corrected chi connectivity index (χ1v) is 11.8. The van der Waals surface area contributed by atoms with Crippen LogP contribution in [0.1, 0.15) is 33.6 Å². The van der Waals surface area contributed by atoms with Gasteiger partial charge >= 0.3 is 0 Å². The van der Waals surface area contributed by atoms with Crippen LogP contribution < -0.4 is 10.2 Å². The van der Waals surface area contributed by atoms with Gasteiger partial charge in [-0.2, -0.15) is 0 Å². The molecular weight excluding hydrogens is 455 g/mol. The SMILES string of the molecule is O=C1CCC(N2Cc3c(cc(F)cc3N3CCN(Cc4ccc(Cl)s4)CC3)C2=O)C(=O)N1. The Bertz CT molecular complexity index is 1100. The van der Waals surface area contributed by atoms with Gasteiger partial charge in [0.25, 0.3) is 5.91 Å². The van der Waals surface area contributed by atoms with Crippen molar-refractivity contribution in [3.05, 3.63) is 50.4 Å². The zero-order valence-electron chi connectivity index (χ0n) is 17.3. The van der Waals surface area contributed by atoms with Crippen LogP contribution in [-0.4, -0.2) is 59.7 Å². The molecule has 0 radical (unpaired) electrons. The number of piperazine rings is 1. The number of piperidine rings is 1. The first-order chi connectivity index (χ1) is 15.4. The zero-order valence-corrected chi connectivity index (χ0v) is 18.8. The molecule has 2 aromatic rings. The summed E-state index contributed by atoms with van der Waals surface area (Å²) in [7, 11) is 0. The van der Waals surface area contributed by atoms with E-state index in [1.165, 1.54) is 21.9 Å². The van der Waals surface area contributed by atoms with E-state index in [0.717, 1.165) is 29.5 Å². The maximum Gasteiger partial charge on any atom is 0.255 e. The number of amides is 3. The Morgan fingerprint density at radius 1 is 1.12 bits per heavy atom. The number of rotatable bonds is 4. The Kier molecular flexibility index (Phi) is 5.65. The molecule has 3 amide bonds. The van der Waals surface area contributed by atoms with E-state index in [4.69, 9.17) is 11.6 Å². The minimum atomic E-state index is -0.710. The number of carbonyl (C=O) groups excluding carboxylic acids is 3. The molecule has 0 bridgehead atoms. The van der Waals surface area contributed by atoms with E-state index in [0.29, 0.717) is 24.3 Å². The second-order valence-corrected chi connectivity index (χ2v) is 10.1. The van der Waals surface area contributed by atoms with E-state index in [-0.39, 0.29) is 31.2 Å². The summed E-state index contributed by atoms with van der Waals surface area (Å²) in [5.74, 6) is -1.62. The summed E-state index contributed by atoms with van der Waals surface area (Å²) in [5.41, 5.74) is 1.77. The number of anilines is 1. The largest absolute Gasteiger partial charge is 0.369 e. The predicted octanol–water partition coefficient (Wildman–Crippen LogP) is 2.62. The fraction of sp³-hybridized carbons (Fsp3) is 0.409. The van der Waals surface area contributed by atoms with E-state index in [1.807, 2.05) is 12.1 Å². The van der Waals surface area contributed by atoms with Crippen LogP contribution in [0, 0.1) is 5.82 Å². The fourth-order valence-electron chi connectivity index (χ4n) is 4.69. The van der Waals surface area contributed by atoms with Gasteiger partial charge in [-0.15, -0.1) is 11.3 Å². The molecule has 3 aliphatic heterocycles. The first kappa shape index (κ1) is 21.4. The molecule has 0 aliphatic carbocycles. The van der Waals surface area contributed by atoms with Crippen molar-refractivity contribution in [1.82, 2.24) is 15.1 Å². The molecule has 1 N–H and O–H groups in total. The molecule has 1 atom stereocenters. The fourth-order valence-corrected chi connectivity index (χ4v) is 5.82. The van der Waals surface area contributed by atoms with Crippen molar-refractivity contribution in [2.75, 3.05) is 31.1 Å². The highest BCUT2D eigenvalue weighted by atomic mass is 35.5. The molecule has 2 saturated heterocycles. The third-order valence-corrected chi connectivity index (χ3v) is 7.53. The highest BCUT2D eigenvalue weighted by molar-refractivity contribution is 7.16. The molecule has 7 nitrogen and oxygen atoms in total. The second-order valence-electron chi connectivity index (χ2n) is 8.32. The molecule has 3 aliphatic rings. The Hall–Kier alpha value is -2.49. The zero-order chi connectivity index (χ0) is 22.4. The number of benzene rings is 1. The lowest BCUT2D eigenvalue weighted by Gasteiger charge is -2.37. The summed E-state index contributed by atoms with van der Waals surface area (Å²) in [5, 5.41) is 2.30. The van der Waals surface area contributed by atoms with E-state index < -0.39 is 17.8 Å². The van der Waals surface area contributed by atoms with Gasteiger partial charge < -0.3 is 9.80 Å². The average Bonchev–Trinajstić information content (AvgIpc) is 3.31. The highest BCUT2D eigenvalue weighted by Crippen LogP contribution is 2.35. The summed E-state index contributed by atoms with van der Waals surface area (Å²) >= 11 is 7.60. The van der Waals surface area contributed by atoms with Gasteiger partial charge in [-0.3, -0.25) is 24.6 Å². The predicted molar refractivity (Wildman–Crippen MR) is 119 cm³/mol. The average molecular weight is 477 g/mol. The Balaban J connectivity index is 1.32. The quantitative estimate of drug-likeness (QED) is 0.687. The summed E-state index contributed by atoms with van der Waals surface area (Å²) in [6, 6.07) is 5.96. The number of halogens is 2. The third-order valence-electron chi connectivity index (χ3n) is 6.32. The summed E-state index contributed by atoms with van der Waals surface area (Å²) in [6.45, 7) is 4.11. The molecule has 10 heteroatoms. The van der Waals surface area contributed by atoms with Crippen molar-refractivity contribution >= 4 is 46.3 Å². The summed E-state index contributed by atoms with van der Waals surface area (Å²) in [4.78, 5) is 43.9. The van der Waals surface area contributed by atoms with E-state index in [9.17, 15) is 18.8 Å². The highest BCUT2D eigenvalue weighted by Gasteiger charge is 2.41. The van der Waals surface area contributed by atoms with Crippen molar-refractivity contribution < 1.29 is 18.8 Å². The molecule has 1 aromatic carbocycles. The molecule has 0 spiro atoms. The Labute approximate surface area is 193 Å². The number of carbonyl (C=O) groups is 3. The van der Waals surface area contributed by atoms with Crippen LogP contribution >= 0.6 is 22.9 Å². The van der Waals surface area contributed by atoms with E-state index in [1.54, 1.807) is 11.3 Å². The number of imide groups is 1. The smallest absolute Gasteiger partial charge is 0.255 e. The van der Waals surface area contributed by atoms with Crippen molar-refractivity contribution in [2.45, 2.75) is 32.0 Å². The van der Waals surface area contributed by atoms with Gasteiger partial charge in [-0.25, -0.2) is 4.39 Å². The maximum atomic E-state index is 14.5. The van der Waals surface area contributed by atoms with Gasteiger partial charge in [0.1, 0.15) is 11.9 Å². The number of nitrogens with one attached hydrogen (secondary N) is 1. The van der Waals surface area contributed by atoms with Crippen molar-refractivity contribution in [3.63, 3.8) is 0 Å². The number of hydrogen-bond donors (Lipinski definition) is 1. The lowest BCUT2D eigenvalue weighted by molar-refractivity contribution is -0.136. The van der Waals surface area contributed by atoms with Crippen LogP contribution in [0.15, 0.2) is 24.3 Å². The number of nitrogens with zero attached hydrogens (tertiary/aromatic N) is 3. The van der Waals surface area contributed by atoms with Crippen molar-refractivity contribution in [2.24, 2.45) is 0 Å². The Morgan fingerprint density at radius 3 is 2.59 bits per heavy atom. The lowest BCUT2D eigenvalue weighted by atomic mass is 10.0. The van der Waals surface area contributed by atoms with Gasteiger partial charge in [0.2, 0.25) is 11.8 Å². The molecule has 1 aromatic heterocycles. The minimum Gasteiger partial charge on any atom is -0.369 e. The maximum absolute atomic E-state index is 14.5. The molecule has 1 unspecified atom stereocenters. The van der Waals surface area contributed by atoms with Crippen LogP contribution in [0.4, 0.5) is 10.1 Å². The van der Waals surface area contributed by atoms with Crippen molar-refractivity contribution in [1.29, 1.82) is 0 Å². The van der Waals surface area contributed by atoms with E-state index >= 15 is 0 Å². The molecular formula is C22H22ClFN4O3S. The third kappa shape index (κ3) is 4.00. The summed E-state index contributed by atoms with van der Waals surface area (Å²) in [6.07, 6.45) is 0.475. The van der Waals surface area contributed by atoms with Crippen LogP contribution in [0.3, 0.4) is 0 Å². The van der Waals surface area contributed by atoms with Crippen LogP contribution in [0.5, 0.6) is 0 Å². The molecule has 2 fully saturated rings. The van der Waals surface area contributed by atoms with Crippen LogP contribution in [0.2, 0.25) is 4.34 Å². The van der Waals surface area contributed by atoms with Crippen molar-refractivity contribution in [3.8, 4) is 0 Å². The molecule has 168 valence electrons. The van der Waals surface area contributed by atoms with Gasteiger partial charge in [-0.1, -0.05) is 11.6 Å². The molecule has 4 heterocycles. The van der Waals surface area contributed by atoms with Crippen LogP contribution in [0.25, 0.3) is 0 Å². The van der Waals surface area contributed by atoms with Gasteiger partial charge in [-0.05, 0) is 30.7 Å². The monoisotopic (exact) mass is 476 g/mol.